The van der Waals surface area contributed by atoms with E-state index >= 15 is 0 Å². The van der Waals surface area contributed by atoms with Crippen molar-refractivity contribution in [1.29, 1.82) is 0 Å². The minimum absolute atomic E-state index is 0.0517. The van der Waals surface area contributed by atoms with Gasteiger partial charge in [0.2, 0.25) is 11.8 Å². The van der Waals surface area contributed by atoms with Crippen molar-refractivity contribution in [2.45, 2.75) is 44.7 Å². The van der Waals surface area contributed by atoms with E-state index in [0.717, 1.165) is 34.5 Å². The van der Waals surface area contributed by atoms with Gasteiger partial charge in [0.1, 0.15) is 11.6 Å². The van der Waals surface area contributed by atoms with Gasteiger partial charge in [-0.25, -0.2) is 4.98 Å². The first-order chi connectivity index (χ1) is 16.8. The predicted octanol–water partition coefficient (Wildman–Crippen LogP) is 3.89. The van der Waals surface area contributed by atoms with Crippen molar-refractivity contribution in [3.05, 3.63) is 58.9 Å². The molecule has 1 saturated heterocycles. The fraction of sp³-hybridized carbons (Fsp3) is 0.423. The summed E-state index contributed by atoms with van der Waals surface area (Å²) in [5.41, 5.74) is 3.09. The van der Waals surface area contributed by atoms with Gasteiger partial charge in [-0.2, -0.15) is 0 Å². The number of aryl methyl sites for hydroxylation is 1. The van der Waals surface area contributed by atoms with Gasteiger partial charge in [-0.1, -0.05) is 41.0 Å². The molecule has 7 nitrogen and oxygen atoms in total. The number of likely N-dealkylation sites (tertiary alicyclic amines) is 1. The standard InChI is InChI=1S/C26H29ClN4O3S/c1-18(32)29-13-10-26(11-14-29)20-6-3-4-7-22(20)31(25(26)33)17-24-28-21-16-19(27)8-9-23(21)30(24)12-5-15-35(2)34/h3-4,6-9,16H,5,10-15,17H2,1-2H3. The van der Waals surface area contributed by atoms with Gasteiger partial charge in [-0.3, -0.25) is 9.59 Å². The van der Waals surface area contributed by atoms with Gasteiger partial charge in [-0.05, 0) is 42.7 Å². The van der Waals surface area contributed by atoms with Crippen LogP contribution in [0.15, 0.2) is 42.5 Å². The number of fused-ring (bicyclic) bond motifs is 3. The Balaban J connectivity index is 1.50. The van der Waals surface area contributed by atoms with Gasteiger partial charge < -0.3 is 18.9 Å². The molecule has 3 aromatic rings. The Morgan fingerprint density at radius 3 is 2.66 bits per heavy atom. The molecule has 1 spiro atoms. The number of benzene rings is 2. The number of nitrogens with zero attached hydrogens (tertiary/aromatic N) is 4. The number of carbonyl (C=O) groups excluding carboxylic acids is 2. The molecular weight excluding hydrogens is 484 g/mol. The zero-order valence-corrected chi connectivity index (χ0v) is 21.6. The molecule has 0 bridgehead atoms. The fourth-order valence-corrected chi connectivity index (χ4v) is 6.23. The number of anilines is 1. The summed E-state index contributed by atoms with van der Waals surface area (Å²) in [6, 6.07) is 13.6. The van der Waals surface area contributed by atoms with Crippen LogP contribution in [0.1, 0.15) is 37.6 Å². The molecule has 1 atom stereocenters. The number of amides is 2. The third-order valence-electron chi connectivity index (χ3n) is 7.33. The van der Waals surface area contributed by atoms with Crippen LogP contribution < -0.4 is 4.90 Å². The molecule has 0 radical (unpaired) electrons. The molecule has 2 aromatic carbocycles. The Labute approximate surface area is 213 Å². The van der Waals surface area contributed by atoms with Crippen LogP contribution in [0.2, 0.25) is 5.02 Å². The molecule has 2 aliphatic heterocycles. The molecule has 5 rings (SSSR count). The van der Waals surface area contributed by atoms with Gasteiger partial charge in [0.25, 0.3) is 0 Å². The van der Waals surface area contributed by atoms with E-state index in [1.807, 2.05) is 46.2 Å². The molecule has 184 valence electrons. The minimum Gasteiger partial charge on any atom is -0.617 e. The van der Waals surface area contributed by atoms with Crippen molar-refractivity contribution in [2.75, 3.05) is 30.0 Å². The highest BCUT2D eigenvalue weighted by molar-refractivity contribution is 7.90. The highest BCUT2D eigenvalue weighted by Crippen LogP contribution is 2.48. The zero-order valence-electron chi connectivity index (χ0n) is 20.0. The average molecular weight is 513 g/mol. The second-order valence-corrected chi connectivity index (χ2v) is 11.4. The van der Waals surface area contributed by atoms with E-state index in [9.17, 15) is 14.1 Å². The van der Waals surface area contributed by atoms with Crippen molar-refractivity contribution in [3.8, 4) is 0 Å². The minimum atomic E-state index is -0.872. The van der Waals surface area contributed by atoms with E-state index in [-0.39, 0.29) is 11.8 Å². The van der Waals surface area contributed by atoms with Crippen LogP contribution in [0, 0.1) is 0 Å². The largest absolute Gasteiger partial charge is 0.617 e. The first-order valence-corrected chi connectivity index (χ1v) is 14.0. The SMILES string of the molecule is CC(=O)N1CCC2(CC1)C(=O)N(Cc1nc3cc(Cl)ccc3n1CCC[S+](C)[O-])c1ccccc12. The number of rotatable bonds is 6. The van der Waals surface area contributed by atoms with Gasteiger partial charge in [0.15, 0.2) is 0 Å². The Morgan fingerprint density at radius 1 is 1.20 bits per heavy atom. The van der Waals surface area contributed by atoms with Crippen LogP contribution in [0.25, 0.3) is 11.0 Å². The molecule has 0 saturated carbocycles. The average Bonchev–Trinajstić information content (AvgIpc) is 3.27. The maximum Gasteiger partial charge on any atom is 0.238 e. The van der Waals surface area contributed by atoms with Gasteiger partial charge >= 0.3 is 0 Å². The number of imidazole rings is 1. The molecule has 9 heteroatoms. The molecular formula is C26H29ClN4O3S. The van der Waals surface area contributed by atoms with Gasteiger partial charge in [0.05, 0.1) is 29.2 Å². The molecule has 0 aliphatic carbocycles. The lowest BCUT2D eigenvalue weighted by Crippen LogP contribution is -2.49. The van der Waals surface area contributed by atoms with Crippen molar-refractivity contribution in [1.82, 2.24) is 14.5 Å². The second-order valence-electron chi connectivity index (χ2n) is 9.44. The molecule has 0 N–H and O–H groups in total. The van der Waals surface area contributed by atoms with Crippen LogP contribution in [-0.2, 0) is 39.3 Å². The van der Waals surface area contributed by atoms with Gasteiger partial charge in [0, 0.05) is 43.7 Å². The smallest absolute Gasteiger partial charge is 0.238 e. The zero-order chi connectivity index (χ0) is 24.7. The van der Waals surface area contributed by atoms with Crippen LogP contribution >= 0.6 is 11.6 Å². The summed E-state index contributed by atoms with van der Waals surface area (Å²) in [5, 5.41) is 0.613. The summed E-state index contributed by atoms with van der Waals surface area (Å²) in [4.78, 5) is 34.5. The topological polar surface area (TPSA) is 81.5 Å². The summed E-state index contributed by atoms with van der Waals surface area (Å²) in [6.07, 6.45) is 3.70. The fourth-order valence-electron chi connectivity index (χ4n) is 5.53. The first-order valence-electron chi connectivity index (χ1n) is 11.9. The van der Waals surface area contributed by atoms with E-state index in [0.29, 0.717) is 49.8 Å². The summed E-state index contributed by atoms with van der Waals surface area (Å²) < 4.78 is 13.8. The number of hydrogen-bond donors (Lipinski definition) is 0. The predicted molar refractivity (Wildman–Crippen MR) is 139 cm³/mol. The lowest BCUT2D eigenvalue weighted by atomic mass is 9.73. The number of piperidine rings is 1. The highest BCUT2D eigenvalue weighted by atomic mass is 35.5. The number of aromatic nitrogens is 2. The maximum absolute atomic E-state index is 14.0. The number of carbonyl (C=O) groups is 2. The van der Waals surface area contributed by atoms with Crippen molar-refractivity contribution in [3.63, 3.8) is 0 Å². The molecule has 35 heavy (non-hydrogen) atoms. The monoisotopic (exact) mass is 512 g/mol. The van der Waals surface area contributed by atoms with E-state index in [1.54, 1.807) is 13.2 Å². The van der Waals surface area contributed by atoms with E-state index in [1.165, 1.54) is 0 Å². The van der Waals surface area contributed by atoms with E-state index < -0.39 is 16.6 Å². The number of halogens is 1. The Kier molecular flexibility index (Phi) is 6.55. The van der Waals surface area contributed by atoms with Crippen molar-refractivity contribution in [2.24, 2.45) is 0 Å². The maximum atomic E-state index is 14.0. The van der Waals surface area contributed by atoms with Crippen molar-refractivity contribution < 1.29 is 14.1 Å². The Bertz CT molecular complexity index is 1280. The molecule has 1 fully saturated rings. The molecule has 2 aliphatic rings. The van der Waals surface area contributed by atoms with Crippen LogP contribution in [0.4, 0.5) is 5.69 Å². The number of hydrogen-bond acceptors (Lipinski definition) is 4. The highest BCUT2D eigenvalue weighted by Gasteiger charge is 2.52. The van der Waals surface area contributed by atoms with E-state index in [2.05, 4.69) is 10.6 Å². The summed E-state index contributed by atoms with van der Waals surface area (Å²) in [6.45, 7) is 3.74. The summed E-state index contributed by atoms with van der Waals surface area (Å²) in [7, 11) is 0. The normalized spacial score (nSPS) is 17.9. The molecule has 3 heterocycles. The summed E-state index contributed by atoms with van der Waals surface area (Å²) in [5.74, 6) is 1.52. The molecule has 1 aromatic heterocycles. The Hall–Kier alpha value is -2.55. The third kappa shape index (κ3) is 4.32. The quantitative estimate of drug-likeness (QED) is 0.469. The second kappa shape index (κ2) is 9.48. The molecule has 1 unspecified atom stereocenters. The van der Waals surface area contributed by atoms with Crippen molar-refractivity contribution >= 4 is 51.3 Å². The lowest BCUT2D eigenvalue weighted by Gasteiger charge is -2.38. The molecule has 2 amide bonds. The van der Waals surface area contributed by atoms with E-state index in [4.69, 9.17) is 16.6 Å². The first kappa shape index (κ1) is 24.2. The van der Waals surface area contributed by atoms with Crippen LogP contribution in [0.3, 0.4) is 0 Å². The summed E-state index contributed by atoms with van der Waals surface area (Å²) >= 11 is 5.36. The van der Waals surface area contributed by atoms with Crippen LogP contribution in [0.5, 0.6) is 0 Å². The van der Waals surface area contributed by atoms with Crippen LogP contribution in [-0.4, -0.2) is 55.9 Å². The third-order valence-corrected chi connectivity index (χ3v) is 8.43. The lowest BCUT2D eigenvalue weighted by molar-refractivity contribution is -0.133. The number of para-hydroxylation sites is 1. The Morgan fingerprint density at radius 2 is 1.94 bits per heavy atom. The van der Waals surface area contributed by atoms with Gasteiger partial charge in [-0.15, -0.1) is 0 Å².